The summed E-state index contributed by atoms with van der Waals surface area (Å²) in [6.07, 6.45) is 0. The van der Waals surface area contributed by atoms with E-state index < -0.39 is 7.12 Å². The van der Waals surface area contributed by atoms with Crippen LogP contribution in [0, 0.1) is 0 Å². The number of rotatable bonds is 4. The molecule has 0 aliphatic rings. The van der Waals surface area contributed by atoms with Crippen molar-refractivity contribution in [1.82, 2.24) is 0 Å². The van der Waals surface area contributed by atoms with E-state index in [2.05, 4.69) is 0 Å². The van der Waals surface area contributed by atoms with Crippen molar-refractivity contribution in [3.63, 3.8) is 0 Å². The van der Waals surface area contributed by atoms with Crippen molar-refractivity contribution < 1.29 is 19.5 Å². The maximum atomic E-state index is 9.05. The lowest BCUT2D eigenvalue weighted by molar-refractivity contribution is 0.185. The maximum Gasteiger partial charge on any atom is 0.488 e. The van der Waals surface area contributed by atoms with Gasteiger partial charge in [-0.2, -0.15) is 0 Å². The highest BCUT2D eigenvalue weighted by molar-refractivity contribution is 6.59. The molecule has 0 fully saturated rings. The van der Waals surface area contributed by atoms with E-state index in [1.54, 1.807) is 32.4 Å². The topological polar surface area (TPSA) is 58.9 Å². The first kappa shape index (κ1) is 11.0. The molecule has 4 nitrogen and oxygen atoms in total. The lowest BCUT2D eigenvalue weighted by Gasteiger charge is -2.09. The van der Waals surface area contributed by atoms with E-state index in [9.17, 15) is 0 Å². The summed E-state index contributed by atoms with van der Waals surface area (Å²) in [4.78, 5) is 0. The monoisotopic (exact) mass is 196 g/mol. The third-order valence-corrected chi connectivity index (χ3v) is 1.93. The van der Waals surface area contributed by atoms with Crippen LogP contribution in [0.4, 0.5) is 0 Å². The Kier molecular flexibility index (Phi) is 3.94. The molecule has 0 saturated carbocycles. The van der Waals surface area contributed by atoms with Gasteiger partial charge in [-0.3, -0.25) is 0 Å². The first-order valence-corrected chi connectivity index (χ1v) is 4.21. The molecule has 1 aromatic rings. The van der Waals surface area contributed by atoms with Crippen molar-refractivity contribution in [3.05, 3.63) is 23.8 Å². The van der Waals surface area contributed by atoms with Gasteiger partial charge in [0.05, 0.1) is 13.7 Å². The van der Waals surface area contributed by atoms with E-state index >= 15 is 0 Å². The Morgan fingerprint density at radius 2 is 2.00 bits per heavy atom. The van der Waals surface area contributed by atoms with Crippen molar-refractivity contribution in [3.8, 4) is 5.75 Å². The van der Waals surface area contributed by atoms with E-state index in [0.29, 0.717) is 23.4 Å². The zero-order valence-corrected chi connectivity index (χ0v) is 8.23. The molecule has 0 aliphatic heterocycles. The van der Waals surface area contributed by atoms with E-state index in [4.69, 9.17) is 19.5 Å². The summed E-state index contributed by atoms with van der Waals surface area (Å²) in [5, 5.41) is 18.1. The van der Waals surface area contributed by atoms with Gasteiger partial charge in [-0.05, 0) is 23.2 Å². The molecule has 0 unspecified atom stereocenters. The van der Waals surface area contributed by atoms with Gasteiger partial charge in [0.2, 0.25) is 0 Å². The maximum absolute atomic E-state index is 9.05. The lowest BCUT2D eigenvalue weighted by atomic mass is 9.77. The van der Waals surface area contributed by atoms with E-state index in [1.807, 2.05) is 0 Å². The molecule has 0 amide bonds. The normalized spacial score (nSPS) is 10.0. The first-order chi connectivity index (χ1) is 6.69. The van der Waals surface area contributed by atoms with Gasteiger partial charge in [-0.1, -0.05) is 6.07 Å². The van der Waals surface area contributed by atoms with E-state index in [-0.39, 0.29) is 0 Å². The molecule has 0 aromatic heterocycles. The summed E-state index contributed by atoms with van der Waals surface area (Å²) in [5.74, 6) is 0.668. The van der Waals surface area contributed by atoms with Crippen molar-refractivity contribution in [1.29, 1.82) is 0 Å². The summed E-state index contributed by atoms with van der Waals surface area (Å²) in [5.41, 5.74) is 1.15. The molecule has 1 rings (SSSR count). The van der Waals surface area contributed by atoms with Gasteiger partial charge >= 0.3 is 7.12 Å². The van der Waals surface area contributed by atoms with Crippen molar-refractivity contribution in [2.45, 2.75) is 6.61 Å². The molecular formula is C9H13BO4. The fourth-order valence-corrected chi connectivity index (χ4v) is 1.24. The summed E-state index contributed by atoms with van der Waals surface area (Å²) < 4.78 is 9.96. The summed E-state index contributed by atoms with van der Waals surface area (Å²) in [6.45, 7) is 0.324. The van der Waals surface area contributed by atoms with E-state index in [1.165, 1.54) is 0 Å². The molecule has 0 saturated heterocycles. The van der Waals surface area contributed by atoms with Crippen LogP contribution < -0.4 is 10.2 Å². The number of hydrogen-bond acceptors (Lipinski definition) is 4. The molecule has 0 heterocycles. The molecule has 76 valence electrons. The van der Waals surface area contributed by atoms with Crippen LogP contribution in [-0.4, -0.2) is 31.4 Å². The minimum Gasteiger partial charge on any atom is -0.497 e. The number of ether oxygens (including phenoxy) is 2. The quantitative estimate of drug-likeness (QED) is 0.638. The van der Waals surface area contributed by atoms with Crippen LogP contribution in [0.1, 0.15) is 5.56 Å². The molecule has 0 spiro atoms. The smallest absolute Gasteiger partial charge is 0.488 e. The van der Waals surface area contributed by atoms with Crippen molar-refractivity contribution in [2.75, 3.05) is 14.2 Å². The predicted octanol–water partition coefficient (Wildman–Crippen LogP) is -0.479. The van der Waals surface area contributed by atoms with Crippen molar-refractivity contribution >= 4 is 12.6 Å². The Balaban J connectivity index is 3.03. The Bertz CT molecular complexity index is 301. The average molecular weight is 196 g/mol. The standard InChI is InChI=1S/C9H13BO4/c1-13-6-7-5-8(14-2)3-4-9(7)10(11)12/h3-5,11-12H,6H2,1-2H3. The molecule has 1 aromatic carbocycles. The molecule has 0 bridgehead atoms. The highest BCUT2D eigenvalue weighted by Crippen LogP contribution is 2.11. The zero-order valence-electron chi connectivity index (χ0n) is 8.23. The van der Waals surface area contributed by atoms with Gasteiger partial charge in [0, 0.05) is 7.11 Å². The largest absolute Gasteiger partial charge is 0.497 e. The van der Waals surface area contributed by atoms with Gasteiger partial charge in [0.25, 0.3) is 0 Å². The molecule has 0 atom stereocenters. The van der Waals surface area contributed by atoms with Crippen LogP contribution in [0.15, 0.2) is 18.2 Å². The first-order valence-electron chi connectivity index (χ1n) is 4.21. The average Bonchev–Trinajstić information content (AvgIpc) is 2.17. The highest BCUT2D eigenvalue weighted by Gasteiger charge is 2.16. The van der Waals surface area contributed by atoms with Crippen LogP contribution in [0.2, 0.25) is 0 Å². The molecule has 14 heavy (non-hydrogen) atoms. The molecule has 2 N–H and O–H groups in total. The number of methoxy groups -OCH3 is 2. The van der Waals surface area contributed by atoms with Crippen LogP contribution in [0.25, 0.3) is 0 Å². The van der Waals surface area contributed by atoms with Crippen LogP contribution >= 0.6 is 0 Å². The Hall–Kier alpha value is -1.04. The van der Waals surface area contributed by atoms with Gasteiger partial charge in [-0.15, -0.1) is 0 Å². The minimum atomic E-state index is -1.48. The van der Waals surface area contributed by atoms with E-state index in [0.717, 1.165) is 0 Å². The lowest BCUT2D eigenvalue weighted by Crippen LogP contribution is -2.33. The second-order valence-electron chi connectivity index (χ2n) is 2.87. The third kappa shape index (κ3) is 2.48. The van der Waals surface area contributed by atoms with Gasteiger partial charge < -0.3 is 19.5 Å². The molecular weight excluding hydrogens is 183 g/mol. The molecule has 0 radical (unpaired) electrons. The second kappa shape index (κ2) is 5.00. The molecule has 5 heteroatoms. The zero-order chi connectivity index (χ0) is 10.6. The van der Waals surface area contributed by atoms with Gasteiger partial charge in [0.15, 0.2) is 0 Å². The SMILES string of the molecule is COCc1cc(OC)ccc1B(O)O. The van der Waals surface area contributed by atoms with Crippen LogP contribution in [-0.2, 0) is 11.3 Å². The van der Waals surface area contributed by atoms with Crippen LogP contribution in [0.5, 0.6) is 5.75 Å². The summed E-state index contributed by atoms with van der Waals surface area (Å²) >= 11 is 0. The minimum absolute atomic E-state index is 0.324. The number of hydrogen-bond donors (Lipinski definition) is 2. The fraction of sp³-hybridized carbons (Fsp3) is 0.333. The third-order valence-electron chi connectivity index (χ3n) is 1.93. The summed E-state index contributed by atoms with van der Waals surface area (Å²) in [7, 11) is 1.62. The predicted molar refractivity (Wildman–Crippen MR) is 53.5 cm³/mol. The Morgan fingerprint density at radius 1 is 1.29 bits per heavy atom. The summed E-state index contributed by atoms with van der Waals surface area (Å²) in [6, 6.07) is 5.00. The van der Waals surface area contributed by atoms with Gasteiger partial charge in [0.1, 0.15) is 5.75 Å². The molecule has 0 aliphatic carbocycles. The second-order valence-corrected chi connectivity index (χ2v) is 2.87. The van der Waals surface area contributed by atoms with Crippen molar-refractivity contribution in [2.24, 2.45) is 0 Å². The van der Waals surface area contributed by atoms with Gasteiger partial charge in [-0.25, -0.2) is 0 Å². The Morgan fingerprint density at radius 3 is 2.50 bits per heavy atom. The highest BCUT2D eigenvalue weighted by atomic mass is 16.5. The fourth-order valence-electron chi connectivity index (χ4n) is 1.24. The number of benzene rings is 1. The Labute approximate surface area is 83.2 Å². The van der Waals surface area contributed by atoms with Crippen LogP contribution in [0.3, 0.4) is 0 Å².